The van der Waals surface area contributed by atoms with Crippen LogP contribution in [0.1, 0.15) is 55.6 Å². The van der Waals surface area contributed by atoms with Gasteiger partial charge in [-0.3, -0.25) is 9.59 Å². The Labute approximate surface area is 150 Å². The van der Waals surface area contributed by atoms with Crippen LogP contribution in [0.2, 0.25) is 0 Å². The predicted molar refractivity (Wildman–Crippen MR) is 96.5 cm³/mol. The predicted octanol–water partition coefficient (Wildman–Crippen LogP) is 3.21. The smallest absolute Gasteiger partial charge is 0.355 e. The minimum Gasteiger partial charge on any atom is -0.461 e. The summed E-state index contributed by atoms with van der Waals surface area (Å²) in [6.45, 7) is 7.66. The number of amides is 1. The van der Waals surface area contributed by atoms with E-state index in [2.05, 4.69) is 4.98 Å². The molecule has 134 valence electrons. The first-order chi connectivity index (χ1) is 11.9. The van der Waals surface area contributed by atoms with Crippen LogP contribution >= 0.6 is 11.3 Å². The maximum absolute atomic E-state index is 12.8. The minimum atomic E-state index is -0.482. The van der Waals surface area contributed by atoms with Gasteiger partial charge in [0.05, 0.1) is 18.0 Å². The molecule has 0 atom stereocenters. The summed E-state index contributed by atoms with van der Waals surface area (Å²) in [5.41, 5.74) is 1.89. The number of nitrogens with zero attached hydrogens (tertiary/aromatic N) is 1. The van der Waals surface area contributed by atoms with Crippen LogP contribution in [0.25, 0.3) is 0 Å². The largest absolute Gasteiger partial charge is 0.461 e. The molecule has 0 aliphatic heterocycles. The lowest BCUT2D eigenvalue weighted by Gasteiger charge is -2.19. The number of hydrogen-bond donors (Lipinski definition) is 1. The lowest BCUT2D eigenvalue weighted by Crippen LogP contribution is -2.35. The number of likely N-dealkylation sites (N-methyl/N-ethyl adjacent to an activating group) is 1. The van der Waals surface area contributed by atoms with Crippen LogP contribution in [-0.2, 0) is 4.74 Å². The topological polar surface area (TPSA) is 79.5 Å². The van der Waals surface area contributed by atoms with E-state index in [0.717, 1.165) is 0 Å². The molecule has 0 saturated carbocycles. The van der Waals surface area contributed by atoms with Crippen molar-refractivity contribution in [1.82, 2.24) is 9.88 Å². The molecule has 1 N–H and O–H groups in total. The van der Waals surface area contributed by atoms with Crippen molar-refractivity contribution < 1.29 is 19.1 Å². The summed E-state index contributed by atoms with van der Waals surface area (Å²) in [5, 5.41) is 1.83. The molecule has 0 spiro atoms. The van der Waals surface area contributed by atoms with Crippen LogP contribution < -0.4 is 0 Å². The monoisotopic (exact) mass is 362 g/mol. The summed E-state index contributed by atoms with van der Waals surface area (Å²) in [5.74, 6) is -0.847. The van der Waals surface area contributed by atoms with Gasteiger partial charge in [-0.1, -0.05) is 6.07 Å². The average Bonchev–Trinajstić information content (AvgIpc) is 3.20. The molecule has 0 saturated heterocycles. The van der Waals surface area contributed by atoms with Crippen molar-refractivity contribution in [2.75, 3.05) is 19.7 Å². The zero-order valence-electron chi connectivity index (χ0n) is 14.8. The lowest BCUT2D eigenvalue weighted by molar-refractivity contribution is 0.0519. The Morgan fingerprint density at radius 3 is 2.52 bits per heavy atom. The summed E-state index contributed by atoms with van der Waals surface area (Å²) in [7, 11) is 0. The highest BCUT2D eigenvalue weighted by Gasteiger charge is 2.25. The fourth-order valence-corrected chi connectivity index (χ4v) is 3.40. The molecule has 25 heavy (non-hydrogen) atoms. The van der Waals surface area contributed by atoms with E-state index < -0.39 is 5.97 Å². The molecule has 0 fully saturated rings. The minimum absolute atomic E-state index is 0.0327. The summed E-state index contributed by atoms with van der Waals surface area (Å²) >= 11 is 1.35. The summed E-state index contributed by atoms with van der Waals surface area (Å²) in [4.78, 5) is 42.2. The van der Waals surface area contributed by atoms with Gasteiger partial charge in [0.15, 0.2) is 5.78 Å². The van der Waals surface area contributed by atoms with Crippen molar-refractivity contribution in [3.63, 3.8) is 0 Å². The van der Waals surface area contributed by atoms with Gasteiger partial charge in [0, 0.05) is 17.8 Å². The maximum atomic E-state index is 12.8. The third-order valence-corrected chi connectivity index (χ3v) is 4.79. The Morgan fingerprint density at radius 2 is 1.96 bits per heavy atom. The summed E-state index contributed by atoms with van der Waals surface area (Å²) in [6.07, 6.45) is 0. The molecule has 7 heteroatoms. The zero-order valence-corrected chi connectivity index (χ0v) is 15.7. The van der Waals surface area contributed by atoms with Gasteiger partial charge >= 0.3 is 5.97 Å². The van der Waals surface area contributed by atoms with Crippen LogP contribution in [-0.4, -0.2) is 47.2 Å². The van der Waals surface area contributed by atoms with E-state index in [9.17, 15) is 14.4 Å². The number of H-pyrrole nitrogens is 1. The second-order valence-electron chi connectivity index (χ2n) is 5.57. The number of ether oxygens (including phenoxy) is 1. The maximum Gasteiger partial charge on any atom is 0.355 e. The van der Waals surface area contributed by atoms with Gasteiger partial charge in [-0.25, -0.2) is 4.79 Å². The number of carbonyl (C=O) groups excluding carboxylic acids is 3. The third kappa shape index (κ3) is 3.99. The van der Waals surface area contributed by atoms with Crippen molar-refractivity contribution >= 4 is 29.0 Å². The first kappa shape index (κ1) is 18.9. The highest BCUT2D eigenvalue weighted by atomic mass is 32.1. The molecule has 1 amide bonds. The van der Waals surface area contributed by atoms with E-state index in [0.29, 0.717) is 28.2 Å². The molecule has 0 unspecified atom stereocenters. The Bertz CT molecular complexity index is 777. The second kappa shape index (κ2) is 8.11. The molecule has 0 aromatic carbocycles. The highest BCUT2D eigenvalue weighted by molar-refractivity contribution is 7.12. The van der Waals surface area contributed by atoms with Crippen LogP contribution in [0, 0.1) is 13.8 Å². The normalized spacial score (nSPS) is 10.6. The van der Waals surface area contributed by atoms with E-state index in [1.807, 2.05) is 12.3 Å². The number of aryl methyl sites for hydroxylation is 1. The van der Waals surface area contributed by atoms with E-state index in [4.69, 9.17) is 4.74 Å². The van der Waals surface area contributed by atoms with Gasteiger partial charge in [0.2, 0.25) is 0 Å². The van der Waals surface area contributed by atoms with Gasteiger partial charge in [-0.15, -0.1) is 11.3 Å². The van der Waals surface area contributed by atoms with Crippen molar-refractivity contribution in [2.24, 2.45) is 0 Å². The van der Waals surface area contributed by atoms with E-state index >= 15 is 0 Å². The number of aromatic amines is 1. The third-order valence-electron chi connectivity index (χ3n) is 3.93. The molecule has 0 aliphatic carbocycles. The van der Waals surface area contributed by atoms with E-state index in [-0.39, 0.29) is 30.5 Å². The van der Waals surface area contributed by atoms with Gasteiger partial charge < -0.3 is 14.6 Å². The standard InChI is InChI=1S/C18H22N2O4S/c1-5-20(17(22)14-8-7-9-25-14)10-13(21)15-11(3)16(19-12(15)4)18(23)24-6-2/h7-9,19H,5-6,10H2,1-4H3. The van der Waals surface area contributed by atoms with Crippen molar-refractivity contribution in [3.05, 3.63) is 44.9 Å². The molecule has 2 rings (SSSR count). The molecule has 0 bridgehead atoms. The Balaban J connectivity index is 2.22. The number of Topliss-reactive ketones (excluding diaryl/α,β-unsaturated/α-hetero) is 1. The SMILES string of the molecule is CCOC(=O)c1[nH]c(C)c(C(=O)CN(CC)C(=O)c2cccs2)c1C. The quantitative estimate of drug-likeness (QED) is 0.606. The van der Waals surface area contributed by atoms with Gasteiger partial charge in [-0.2, -0.15) is 0 Å². The lowest BCUT2D eigenvalue weighted by atomic mass is 10.1. The Hall–Kier alpha value is -2.41. The van der Waals surface area contributed by atoms with E-state index in [1.165, 1.54) is 16.2 Å². The molecule has 0 radical (unpaired) electrons. The van der Waals surface area contributed by atoms with Crippen molar-refractivity contribution in [1.29, 1.82) is 0 Å². The molecular weight excluding hydrogens is 340 g/mol. The summed E-state index contributed by atoms with van der Waals surface area (Å²) < 4.78 is 5.00. The first-order valence-electron chi connectivity index (χ1n) is 8.12. The molecule has 0 aliphatic rings. The molecule has 2 aromatic rings. The van der Waals surface area contributed by atoms with Crippen LogP contribution in [0.15, 0.2) is 17.5 Å². The number of nitrogens with one attached hydrogen (secondary N) is 1. The molecule has 2 heterocycles. The van der Waals surface area contributed by atoms with Gasteiger partial charge in [0.25, 0.3) is 5.91 Å². The molecule has 6 nitrogen and oxygen atoms in total. The average molecular weight is 362 g/mol. The Kier molecular flexibility index (Phi) is 6.14. The van der Waals surface area contributed by atoms with Gasteiger partial charge in [0.1, 0.15) is 5.69 Å². The van der Waals surface area contributed by atoms with Crippen LogP contribution in [0.3, 0.4) is 0 Å². The Morgan fingerprint density at radius 1 is 1.24 bits per heavy atom. The number of hydrogen-bond acceptors (Lipinski definition) is 5. The summed E-state index contributed by atoms with van der Waals surface area (Å²) in [6, 6.07) is 3.55. The van der Waals surface area contributed by atoms with Crippen LogP contribution in [0.4, 0.5) is 0 Å². The molecular formula is C18H22N2O4S. The second-order valence-corrected chi connectivity index (χ2v) is 6.51. The number of esters is 1. The fraction of sp³-hybridized carbons (Fsp3) is 0.389. The number of carbonyl (C=O) groups is 3. The number of rotatable bonds is 7. The van der Waals surface area contributed by atoms with Crippen molar-refractivity contribution in [2.45, 2.75) is 27.7 Å². The van der Waals surface area contributed by atoms with Gasteiger partial charge in [-0.05, 0) is 44.7 Å². The molecule has 2 aromatic heterocycles. The first-order valence-corrected chi connectivity index (χ1v) is 9.00. The zero-order chi connectivity index (χ0) is 18.6. The fourth-order valence-electron chi connectivity index (χ4n) is 2.71. The van der Waals surface area contributed by atoms with E-state index in [1.54, 1.807) is 32.9 Å². The number of aromatic nitrogens is 1. The van der Waals surface area contributed by atoms with Crippen molar-refractivity contribution in [3.8, 4) is 0 Å². The van der Waals surface area contributed by atoms with Crippen LogP contribution in [0.5, 0.6) is 0 Å². The number of ketones is 1. The number of thiophene rings is 1. The highest BCUT2D eigenvalue weighted by Crippen LogP contribution is 2.20.